The first kappa shape index (κ1) is 14.2. The van der Waals surface area contributed by atoms with Gasteiger partial charge in [0.2, 0.25) is 0 Å². The van der Waals surface area contributed by atoms with Crippen LogP contribution < -0.4 is 10.6 Å². The Labute approximate surface area is 102 Å². The minimum atomic E-state index is -0.957. The number of amides is 1. The van der Waals surface area contributed by atoms with Crippen LogP contribution >= 0.6 is 0 Å². The summed E-state index contributed by atoms with van der Waals surface area (Å²) in [7, 11) is 1.73. The molecule has 1 fully saturated rings. The molecule has 0 atom stereocenters. The highest BCUT2D eigenvalue weighted by Crippen LogP contribution is 2.09. The molecule has 0 aromatic heterocycles. The molecule has 17 heavy (non-hydrogen) atoms. The van der Waals surface area contributed by atoms with Crippen LogP contribution in [0.4, 0.5) is 4.79 Å². The second-order valence-electron chi connectivity index (χ2n) is 4.29. The maximum Gasteiger partial charge on any atom is 0.404 e. The highest BCUT2D eigenvalue weighted by Gasteiger charge is 2.17. The molecule has 1 rings (SSSR count). The van der Waals surface area contributed by atoms with Crippen LogP contribution in [0.5, 0.6) is 0 Å². The molecule has 6 heteroatoms. The van der Waals surface area contributed by atoms with Crippen molar-refractivity contribution in [1.82, 2.24) is 15.5 Å². The van der Waals surface area contributed by atoms with E-state index in [4.69, 9.17) is 9.84 Å². The van der Waals surface area contributed by atoms with Gasteiger partial charge < -0.3 is 25.4 Å². The zero-order chi connectivity index (χ0) is 12.5. The van der Waals surface area contributed by atoms with Gasteiger partial charge in [0.1, 0.15) is 0 Å². The van der Waals surface area contributed by atoms with Crippen LogP contribution in [0.15, 0.2) is 0 Å². The third kappa shape index (κ3) is 6.45. The summed E-state index contributed by atoms with van der Waals surface area (Å²) in [5.74, 6) is 0. The Bertz CT molecular complexity index is 218. The van der Waals surface area contributed by atoms with Crippen molar-refractivity contribution in [3.8, 4) is 0 Å². The van der Waals surface area contributed by atoms with Crippen molar-refractivity contribution >= 4 is 6.09 Å². The average Bonchev–Trinajstić information content (AvgIpc) is 2.33. The fourth-order valence-corrected chi connectivity index (χ4v) is 2.03. The molecule has 0 aromatic rings. The summed E-state index contributed by atoms with van der Waals surface area (Å²) in [6, 6.07) is 0.518. The summed E-state index contributed by atoms with van der Waals surface area (Å²) in [6.45, 7) is 5.15. The van der Waals surface area contributed by atoms with Crippen molar-refractivity contribution in [2.75, 3.05) is 46.4 Å². The van der Waals surface area contributed by atoms with Crippen molar-refractivity contribution in [2.24, 2.45) is 0 Å². The molecular weight excluding hydrogens is 222 g/mol. The van der Waals surface area contributed by atoms with Gasteiger partial charge in [-0.3, -0.25) is 0 Å². The molecule has 1 heterocycles. The van der Waals surface area contributed by atoms with Gasteiger partial charge in [0.15, 0.2) is 0 Å². The number of ether oxygens (including phenoxy) is 1. The average molecular weight is 245 g/mol. The molecule has 1 saturated heterocycles. The Balaban J connectivity index is 2.01. The first-order valence-corrected chi connectivity index (χ1v) is 6.14. The SMILES string of the molecule is COCCN1CCC(NCCNC(=O)O)CC1. The monoisotopic (exact) mass is 245 g/mol. The van der Waals surface area contributed by atoms with Crippen LogP contribution in [0.1, 0.15) is 12.8 Å². The lowest BCUT2D eigenvalue weighted by Crippen LogP contribution is -2.45. The topological polar surface area (TPSA) is 73.8 Å². The lowest BCUT2D eigenvalue weighted by atomic mass is 10.1. The number of rotatable bonds is 7. The molecule has 0 aromatic carbocycles. The quantitative estimate of drug-likeness (QED) is 0.549. The van der Waals surface area contributed by atoms with Crippen LogP contribution in [0, 0.1) is 0 Å². The molecule has 3 N–H and O–H groups in total. The number of piperidine rings is 1. The molecule has 0 spiro atoms. The van der Waals surface area contributed by atoms with Crippen LogP contribution in [0.25, 0.3) is 0 Å². The van der Waals surface area contributed by atoms with Crippen molar-refractivity contribution < 1.29 is 14.6 Å². The van der Waals surface area contributed by atoms with E-state index in [0.717, 1.165) is 39.1 Å². The second-order valence-corrected chi connectivity index (χ2v) is 4.29. The van der Waals surface area contributed by atoms with Gasteiger partial charge in [-0.25, -0.2) is 4.79 Å². The molecule has 100 valence electrons. The van der Waals surface area contributed by atoms with Crippen molar-refractivity contribution in [2.45, 2.75) is 18.9 Å². The molecule has 0 radical (unpaired) electrons. The lowest BCUT2D eigenvalue weighted by molar-refractivity contribution is 0.126. The number of nitrogens with zero attached hydrogens (tertiary/aromatic N) is 1. The van der Waals surface area contributed by atoms with Crippen molar-refractivity contribution in [3.63, 3.8) is 0 Å². The van der Waals surface area contributed by atoms with Gasteiger partial charge in [0.05, 0.1) is 6.61 Å². The van der Waals surface area contributed by atoms with E-state index >= 15 is 0 Å². The summed E-state index contributed by atoms with van der Waals surface area (Å²) in [5.41, 5.74) is 0. The fraction of sp³-hybridized carbons (Fsp3) is 0.909. The van der Waals surface area contributed by atoms with Gasteiger partial charge in [0.25, 0.3) is 0 Å². The first-order valence-electron chi connectivity index (χ1n) is 6.14. The van der Waals surface area contributed by atoms with Crippen LogP contribution in [-0.2, 0) is 4.74 Å². The third-order valence-electron chi connectivity index (χ3n) is 3.03. The van der Waals surface area contributed by atoms with E-state index in [-0.39, 0.29) is 0 Å². The minimum absolute atomic E-state index is 0.471. The van der Waals surface area contributed by atoms with Crippen LogP contribution in [-0.4, -0.2) is 68.6 Å². The van der Waals surface area contributed by atoms with E-state index in [1.54, 1.807) is 7.11 Å². The zero-order valence-corrected chi connectivity index (χ0v) is 10.4. The maximum absolute atomic E-state index is 10.2. The fourth-order valence-electron chi connectivity index (χ4n) is 2.03. The minimum Gasteiger partial charge on any atom is -0.465 e. The second kappa shape index (κ2) is 8.27. The van der Waals surface area contributed by atoms with E-state index in [1.165, 1.54) is 0 Å². The highest BCUT2D eigenvalue weighted by molar-refractivity contribution is 5.64. The Kier molecular flexibility index (Phi) is 6.91. The smallest absolute Gasteiger partial charge is 0.404 e. The summed E-state index contributed by atoms with van der Waals surface area (Å²) in [6.07, 6.45) is 1.29. The Hall–Kier alpha value is -0.850. The van der Waals surface area contributed by atoms with E-state index in [0.29, 0.717) is 19.1 Å². The van der Waals surface area contributed by atoms with Gasteiger partial charge in [0, 0.05) is 32.8 Å². The molecule has 1 aliphatic rings. The molecule has 1 amide bonds. The van der Waals surface area contributed by atoms with E-state index < -0.39 is 6.09 Å². The molecule has 0 saturated carbocycles. The van der Waals surface area contributed by atoms with Gasteiger partial charge in [-0.1, -0.05) is 0 Å². The standard InChI is InChI=1S/C11H23N3O3/c1-17-9-8-14-6-2-10(3-7-14)12-4-5-13-11(15)16/h10,12-13H,2-9H2,1H3,(H,15,16). The van der Waals surface area contributed by atoms with E-state index in [1.807, 2.05) is 0 Å². The van der Waals surface area contributed by atoms with Gasteiger partial charge >= 0.3 is 6.09 Å². The summed E-state index contributed by atoms with van der Waals surface area (Å²) in [4.78, 5) is 12.6. The Morgan fingerprint density at radius 2 is 2.12 bits per heavy atom. The lowest BCUT2D eigenvalue weighted by Gasteiger charge is -2.32. The molecular formula is C11H23N3O3. The van der Waals surface area contributed by atoms with Gasteiger partial charge in [-0.05, 0) is 25.9 Å². The number of carboxylic acid groups (broad SMARTS) is 1. The van der Waals surface area contributed by atoms with E-state index in [2.05, 4.69) is 15.5 Å². The Morgan fingerprint density at radius 3 is 2.71 bits per heavy atom. The van der Waals surface area contributed by atoms with E-state index in [9.17, 15) is 4.79 Å². The van der Waals surface area contributed by atoms with Crippen LogP contribution in [0.2, 0.25) is 0 Å². The van der Waals surface area contributed by atoms with Crippen molar-refractivity contribution in [1.29, 1.82) is 0 Å². The third-order valence-corrected chi connectivity index (χ3v) is 3.03. The van der Waals surface area contributed by atoms with Crippen molar-refractivity contribution in [3.05, 3.63) is 0 Å². The predicted octanol–water partition coefficient (Wildman–Crippen LogP) is -0.0456. The molecule has 6 nitrogen and oxygen atoms in total. The highest BCUT2D eigenvalue weighted by atomic mass is 16.5. The number of carbonyl (C=O) groups is 1. The zero-order valence-electron chi connectivity index (χ0n) is 10.4. The van der Waals surface area contributed by atoms with Gasteiger partial charge in [-0.2, -0.15) is 0 Å². The summed E-state index contributed by atoms with van der Waals surface area (Å²) in [5, 5.41) is 14.1. The van der Waals surface area contributed by atoms with Gasteiger partial charge in [-0.15, -0.1) is 0 Å². The number of likely N-dealkylation sites (tertiary alicyclic amines) is 1. The Morgan fingerprint density at radius 1 is 1.41 bits per heavy atom. The number of hydrogen-bond donors (Lipinski definition) is 3. The molecule has 1 aliphatic heterocycles. The summed E-state index contributed by atoms with van der Waals surface area (Å²) >= 11 is 0. The molecule has 0 aliphatic carbocycles. The number of methoxy groups -OCH3 is 1. The molecule has 0 bridgehead atoms. The normalized spacial score (nSPS) is 18.2. The number of hydrogen-bond acceptors (Lipinski definition) is 4. The molecule has 0 unspecified atom stereocenters. The van der Waals surface area contributed by atoms with Crippen LogP contribution in [0.3, 0.4) is 0 Å². The first-order chi connectivity index (χ1) is 8.22. The number of nitrogens with one attached hydrogen (secondary N) is 2. The maximum atomic E-state index is 10.2. The largest absolute Gasteiger partial charge is 0.465 e. The predicted molar refractivity (Wildman–Crippen MR) is 65.4 cm³/mol. The summed E-state index contributed by atoms with van der Waals surface area (Å²) < 4.78 is 5.05.